The van der Waals surface area contributed by atoms with Gasteiger partial charge in [0.25, 0.3) is 5.91 Å². The first kappa shape index (κ1) is 15.7. The molecule has 0 unspecified atom stereocenters. The Balaban J connectivity index is 2.28. The van der Waals surface area contributed by atoms with Crippen LogP contribution < -0.4 is 0 Å². The molecule has 0 aliphatic carbocycles. The van der Waals surface area contributed by atoms with Crippen LogP contribution in [0.4, 0.5) is 0 Å². The molecule has 0 aromatic heterocycles. The first-order valence-corrected chi connectivity index (χ1v) is 8.17. The molecule has 1 heterocycles. The van der Waals surface area contributed by atoms with Crippen molar-refractivity contribution >= 4 is 34.2 Å². The molecule has 4 heteroatoms. The lowest BCUT2D eigenvalue weighted by Gasteiger charge is -2.13. The van der Waals surface area contributed by atoms with E-state index < -0.39 is 0 Å². The van der Waals surface area contributed by atoms with Gasteiger partial charge in [-0.15, -0.1) is 0 Å². The van der Waals surface area contributed by atoms with E-state index in [1.165, 1.54) is 43.9 Å². The molecule has 0 atom stereocenters. The van der Waals surface area contributed by atoms with E-state index in [1.807, 2.05) is 13.0 Å². The van der Waals surface area contributed by atoms with Gasteiger partial charge in [0.2, 0.25) is 0 Å². The lowest BCUT2D eigenvalue weighted by molar-refractivity contribution is -0.122. The van der Waals surface area contributed by atoms with Crippen LogP contribution in [0.1, 0.15) is 58.8 Å². The lowest BCUT2D eigenvalue weighted by Crippen LogP contribution is -2.29. The van der Waals surface area contributed by atoms with E-state index in [0.29, 0.717) is 0 Å². The van der Waals surface area contributed by atoms with Gasteiger partial charge in [0.1, 0.15) is 4.32 Å². The Morgan fingerprint density at radius 3 is 2.50 bits per heavy atom. The minimum Gasteiger partial charge on any atom is -0.293 e. The molecule has 0 spiro atoms. The van der Waals surface area contributed by atoms with Crippen molar-refractivity contribution < 1.29 is 4.79 Å². The van der Waals surface area contributed by atoms with Crippen molar-refractivity contribution in [3.63, 3.8) is 0 Å². The number of thiocarbonyl (C=S) groups is 1. The standard InChI is InChI=1S/C14H23NOS2/c1-3-5-6-7-8-9-11-15-13(16)12(10-4-2)18-14(15)17/h10H,3-9,11H2,1-2H3/b12-10-. The maximum absolute atomic E-state index is 12.0. The van der Waals surface area contributed by atoms with Gasteiger partial charge >= 0.3 is 0 Å². The summed E-state index contributed by atoms with van der Waals surface area (Å²) in [5.74, 6) is 0.111. The Morgan fingerprint density at radius 2 is 1.83 bits per heavy atom. The van der Waals surface area contributed by atoms with Crippen LogP contribution in [0.3, 0.4) is 0 Å². The van der Waals surface area contributed by atoms with Crippen molar-refractivity contribution in [1.29, 1.82) is 0 Å². The molecule has 0 radical (unpaired) electrons. The Bertz CT molecular complexity index is 326. The van der Waals surface area contributed by atoms with Crippen LogP contribution in [0.5, 0.6) is 0 Å². The molecule has 2 nitrogen and oxygen atoms in total. The van der Waals surface area contributed by atoms with Crippen LogP contribution >= 0.6 is 24.0 Å². The molecule has 0 saturated carbocycles. The van der Waals surface area contributed by atoms with E-state index in [1.54, 1.807) is 4.90 Å². The summed E-state index contributed by atoms with van der Waals surface area (Å²) >= 11 is 6.70. The van der Waals surface area contributed by atoms with Gasteiger partial charge < -0.3 is 0 Å². The molecule has 1 saturated heterocycles. The van der Waals surface area contributed by atoms with Crippen molar-refractivity contribution in [1.82, 2.24) is 4.90 Å². The number of rotatable bonds is 8. The van der Waals surface area contributed by atoms with Crippen LogP contribution in [0.2, 0.25) is 0 Å². The van der Waals surface area contributed by atoms with Crippen molar-refractivity contribution in [2.75, 3.05) is 6.54 Å². The first-order chi connectivity index (χ1) is 8.70. The quantitative estimate of drug-likeness (QED) is 0.372. The number of unbranched alkanes of at least 4 members (excludes halogenated alkanes) is 5. The van der Waals surface area contributed by atoms with Gasteiger partial charge in [-0.2, -0.15) is 0 Å². The zero-order chi connectivity index (χ0) is 13.4. The number of amides is 1. The number of thioether (sulfide) groups is 1. The molecule has 0 aromatic rings. The largest absolute Gasteiger partial charge is 0.293 e. The summed E-state index contributed by atoms with van der Waals surface area (Å²) in [7, 11) is 0. The lowest BCUT2D eigenvalue weighted by atomic mass is 10.1. The second kappa shape index (κ2) is 8.70. The molecular formula is C14H23NOS2. The summed E-state index contributed by atoms with van der Waals surface area (Å²) in [5.41, 5.74) is 0. The highest BCUT2D eigenvalue weighted by Gasteiger charge is 2.30. The Morgan fingerprint density at radius 1 is 1.17 bits per heavy atom. The van der Waals surface area contributed by atoms with Crippen LogP contribution in [-0.2, 0) is 4.79 Å². The van der Waals surface area contributed by atoms with Crippen molar-refractivity contribution in [2.45, 2.75) is 58.8 Å². The predicted molar refractivity (Wildman–Crippen MR) is 83.7 cm³/mol. The Labute approximate surface area is 120 Å². The van der Waals surface area contributed by atoms with Gasteiger partial charge in [-0.1, -0.05) is 76.0 Å². The number of carbonyl (C=O) groups excluding carboxylic acids is 1. The second-order valence-electron chi connectivity index (χ2n) is 4.57. The summed E-state index contributed by atoms with van der Waals surface area (Å²) in [6.45, 7) is 5.05. The van der Waals surface area contributed by atoms with Gasteiger partial charge in [-0.05, 0) is 12.8 Å². The number of hydrogen-bond acceptors (Lipinski definition) is 3. The predicted octanol–water partition coefficient (Wildman–Crippen LogP) is 4.50. The van der Waals surface area contributed by atoms with E-state index in [9.17, 15) is 4.79 Å². The number of nitrogens with zero attached hydrogens (tertiary/aromatic N) is 1. The molecule has 1 rings (SSSR count). The average molecular weight is 285 g/mol. The molecule has 0 bridgehead atoms. The molecule has 1 fully saturated rings. The second-order valence-corrected chi connectivity index (χ2v) is 6.24. The van der Waals surface area contributed by atoms with Crippen LogP contribution in [0.15, 0.2) is 11.0 Å². The summed E-state index contributed by atoms with van der Waals surface area (Å²) < 4.78 is 0.730. The molecule has 1 aliphatic rings. The zero-order valence-corrected chi connectivity index (χ0v) is 13.0. The molecule has 1 amide bonds. The smallest absolute Gasteiger partial charge is 0.265 e. The normalized spacial score (nSPS) is 18.1. The molecule has 18 heavy (non-hydrogen) atoms. The van der Waals surface area contributed by atoms with E-state index in [2.05, 4.69) is 6.92 Å². The van der Waals surface area contributed by atoms with Crippen LogP contribution in [-0.4, -0.2) is 21.7 Å². The van der Waals surface area contributed by atoms with Crippen molar-refractivity contribution in [3.8, 4) is 0 Å². The SMILES string of the molecule is CC/C=C1\SC(=S)N(CCCCCCCC)C1=O. The monoisotopic (exact) mass is 285 g/mol. The fraction of sp³-hybridized carbons (Fsp3) is 0.714. The van der Waals surface area contributed by atoms with E-state index in [-0.39, 0.29) is 5.91 Å². The average Bonchev–Trinajstić information content (AvgIpc) is 2.61. The van der Waals surface area contributed by atoms with Gasteiger partial charge in [-0.25, -0.2) is 0 Å². The number of hydrogen-bond donors (Lipinski definition) is 0. The van der Waals surface area contributed by atoms with Crippen LogP contribution in [0.25, 0.3) is 0 Å². The van der Waals surface area contributed by atoms with Gasteiger partial charge in [-0.3, -0.25) is 9.69 Å². The zero-order valence-electron chi connectivity index (χ0n) is 11.4. The number of carbonyl (C=O) groups is 1. The summed E-state index contributed by atoms with van der Waals surface area (Å²) in [4.78, 5) is 14.6. The molecule has 102 valence electrons. The summed E-state index contributed by atoms with van der Waals surface area (Å²) in [6, 6.07) is 0. The van der Waals surface area contributed by atoms with E-state index in [0.717, 1.165) is 28.6 Å². The number of allylic oxidation sites excluding steroid dienone is 1. The Kier molecular flexibility index (Phi) is 7.59. The van der Waals surface area contributed by atoms with Gasteiger partial charge in [0.05, 0.1) is 4.91 Å². The third kappa shape index (κ3) is 4.73. The summed E-state index contributed by atoms with van der Waals surface area (Å²) in [5, 5.41) is 0. The highest BCUT2D eigenvalue weighted by molar-refractivity contribution is 8.26. The molecule has 0 aromatic carbocycles. The third-order valence-electron chi connectivity index (χ3n) is 3.00. The molecular weight excluding hydrogens is 262 g/mol. The van der Waals surface area contributed by atoms with Gasteiger partial charge in [0, 0.05) is 6.54 Å². The maximum Gasteiger partial charge on any atom is 0.265 e. The fourth-order valence-electron chi connectivity index (χ4n) is 1.97. The van der Waals surface area contributed by atoms with Crippen molar-refractivity contribution in [2.24, 2.45) is 0 Å². The topological polar surface area (TPSA) is 20.3 Å². The van der Waals surface area contributed by atoms with Crippen LogP contribution in [0, 0.1) is 0 Å². The van der Waals surface area contributed by atoms with E-state index in [4.69, 9.17) is 12.2 Å². The highest BCUT2D eigenvalue weighted by atomic mass is 32.2. The first-order valence-electron chi connectivity index (χ1n) is 6.94. The minimum atomic E-state index is 0.111. The fourth-order valence-corrected chi connectivity index (χ4v) is 3.33. The minimum absolute atomic E-state index is 0.111. The Hall–Kier alpha value is -0.350. The van der Waals surface area contributed by atoms with E-state index >= 15 is 0 Å². The van der Waals surface area contributed by atoms with Gasteiger partial charge in [0.15, 0.2) is 0 Å². The molecule has 1 aliphatic heterocycles. The highest BCUT2D eigenvalue weighted by Crippen LogP contribution is 2.31. The third-order valence-corrected chi connectivity index (χ3v) is 4.42. The maximum atomic E-state index is 12.0. The molecule has 0 N–H and O–H groups in total. The van der Waals surface area contributed by atoms with Crippen molar-refractivity contribution in [3.05, 3.63) is 11.0 Å². The summed E-state index contributed by atoms with van der Waals surface area (Å²) in [6.07, 6.45) is 10.3.